The molecule has 0 saturated heterocycles. The molecule has 0 aromatic rings. The Balaban J connectivity index is -0.000000169. The quantitative estimate of drug-likeness (QED) is 0.298. The van der Waals surface area contributed by atoms with Crippen molar-refractivity contribution >= 4 is 12.8 Å². The first-order chi connectivity index (χ1) is 6.34. The largest absolute Gasteiger partial charge is 0.479 e. The monoisotopic (exact) mass is 244 g/mol. The number of aliphatic hydroxyl groups excluding tert-OH is 3. The summed E-state index contributed by atoms with van der Waals surface area (Å²) in [6, 6.07) is 0. The normalized spacial score (nSPS) is 13.1. The third-order valence-corrected chi connectivity index (χ3v) is 1.30. The van der Waals surface area contributed by atoms with Crippen molar-refractivity contribution in [1.82, 2.24) is 0 Å². The molecule has 0 aliphatic carbocycles. The number of carbonyl (C=O) groups is 2. The SMILES string of the molecule is C.C.C=O.O=C(O)C(O)C(O)(O)C(O)CO. The number of aliphatic carboxylic acids is 1. The van der Waals surface area contributed by atoms with Gasteiger partial charge < -0.3 is 35.4 Å². The first-order valence-corrected chi connectivity index (χ1v) is 3.27. The minimum Gasteiger partial charge on any atom is -0.479 e. The highest BCUT2D eigenvalue weighted by atomic mass is 16.6. The summed E-state index contributed by atoms with van der Waals surface area (Å²) in [5.41, 5.74) is 0. The van der Waals surface area contributed by atoms with E-state index in [-0.39, 0.29) is 14.9 Å². The second-order valence-corrected chi connectivity index (χ2v) is 2.22. The van der Waals surface area contributed by atoms with E-state index in [1.807, 2.05) is 6.79 Å². The molecule has 0 spiro atoms. The number of carboxylic acids is 1. The van der Waals surface area contributed by atoms with Crippen molar-refractivity contribution in [2.75, 3.05) is 6.61 Å². The minimum atomic E-state index is -3.25. The first-order valence-electron chi connectivity index (χ1n) is 3.27. The molecule has 0 rings (SSSR count). The van der Waals surface area contributed by atoms with Crippen molar-refractivity contribution in [3.05, 3.63) is 0 Å². The summed E-state index contributed by atoms with van der Waals surface area (Å²) in [4.78, 5) is 18.0. The van der Waals surface area contributed by atoms with Gasteiger partial charge >= 0.3 is 5.97 Å². The van der Waals surface area contributed by atoms with Crippen LogP contribution in [-0.2, 0) is 9.59 Å². The van der Waals surface area contributed by atoms with Crippen LogP contribution in [0.1, 0.15) is 14.9 Å². The van der Waals surface area contributed by atoms with Crippen LogP contribution in [0.2, 0.25) is 0 Å². The molecule has 0 heterocycles. The van der Waals surface area contributed by atoms with E-state index in [4.69, 9.17) is 35.4 Å². The molecule has 2 unspecified atom stereocenters. The molecular formula is C8H20O8. The summed E-state index contributed by atoms with van der Waals surface area (Å²) in [6.07, 6.45) is -4.71. The molecule has 0 bridgehead atoms. The van der Waals surface area contributed by atoms with E-state index in [0.29, 0.717) is 0 Å². The van der Waals surface area contributed by atoms with Crippen molar-refractivity contribution in [3.63, 3.8) is 0 Å². The number of hydrogen-bond donors (Lipinski definition) is 6. The van der Waals surface area contributed by atoms with Gasteiger partial charge in [0, 0.05) is 0 Å². The molecule has 16 heavy (non-hydrogen) atoms. The van der Waals surface area contributed by atoms with Gasteiger partial charge in [-0.1, -0.05) is 14.9 Å². The highest BCUT2D eigenvalue weighted by molar-refractivity contribution is 5.73. The van der Waals surface area contributed by atoms with Gasteiger partial charge in [0.25, 0.3) is 0 Å². The number of carbonyl (C=O) groups excluding carboxylic acids is 1. The first kappa shape index (κ1) is 24.3. The molecule has 0 aromatic carbocycles. The zero-order chi connectivity index (χ0) is 11.9. The summed E-state index contributed by atoms with van der Waals surface area (Å²) < 4.78 is 0. The lowest BCUT2D eigenvalue weighted by molar-refractivity contribution is -0.277. The smallest absolute Gasteiger partial charge is 0.338 e. The van der Waals surface area contributed by atoms with E-state index < -0.39 is 30.6 Å². The molecule has 100 valence electrons. The lowest BCUT2D eigenvalue weighted by atomic mass is 10.0. The summed E-state index contributed by atoms with van der Waals surface area (Å²) in [6.45, 7) is 0.928. The zero-order valence-electron chi connectivity index (χ0n) is 7.07. The molecule has 0 fully saturated rings. The lowest BCUT2D eigenvalue weighted by Crippen LogP contribution is -2.56. The van der Waals surface area contributed by atoms with Crippen molar-refractivity contribution in [1.29, 1.82) is 0 Å². The maximum absolute atomic E-state index is 10.0. The Bertz CT molecular complexity index is 181. The molecular weight excluding hydrogens is 224 g/mol. The van der Waals surface area contributed by atoms with Gasteiger partial charge in [-0.15, -0.1) is 0 Å². The van der Waals surface area contributed by atoms with Crippen LogP contribution >= 0.6 is 0 Å². The predicted octanol–water partition coefficient (Wildman–Crippen LogP) is -2.45. The van der Waals surface area contributed by atoms with Gasteiger partial charge in [0.1, 0.15) is 12.9 Å². The highest BCUT2D eigenvalue weighted by Crippen LogP contribution is 2.12. The van der Waals surface area contributed by atoms with E-state index in [1.54, 1.807) is 0 Å². The highest BCUT2D eigenvalue weighted by Gasteiger charge is 2.44. The molecule has 8 heteroatoms. The van der Waals surface area contributed by atoms with Gasteiger partial charge in [0.15, 0.2) is 0 Å². The van der Waals surface area contributed by atoms with Crippen LogP contribution in [0.5, 0.6) is 0 Å². The van der Waals surface area contributed by atoms with Crippen LogP contribution in [0.15, 0.2) is 0 Å². The van der Waals surface area contributed by atoms with Crippen LogP contribution in [0.25, 0.3) is 0 Å². The molecule has 8 nitrogen and oxygen atoms in total. The Morgan fingerprint density at radius 1 is 1.19 bits per heavy atom. The third kappa shape index (κ3) is 6.43. The Kier molecular flexibility index (Phi) is 15.9. The second-order valence-electron chi connectivity index (χ2n) is 2.22. The number of carboxylic acid groups (broad SMARTS) is 1. The summed E-state index contributed by atoms with van der Waals surface area (Å²) >= 11 is 0. The number of aliphatic hydroxyl groups is 5. The topological polar surface area (TPSA) is 156 Å². The molecule has 0 radical (unpaired) electrons. The predicted molar refractivity (Wildman–Crippen MR) is 54.5 cm³/mol. The minimum absolute atomic E-state index is 0. The van der Waals surface area contributed by atoms with Crippen molar-refractivity contribution in [2.24, 2.45) is 0 Å². The van der Waals surface area contributed by atoms with Crippen LogP contribution in [-0.4, -0.2) is 68.0 Å². The Morgan fingerprint density at radius 3 is 1.69 bits per heavy atom. The van der Waals surface area contributed by atoms with Gasteiger partial charge in [0.05, 0.1) is 6.61 Å². The average Bonchev–Trinajstić information content (AvgIpc) is 2.18. The fourth-order valence-corrected chi connectivity index (χ4v) is 0.498. The summed E-state index contributed by atoms with van der Waals surface area (Å²) in [7, 11) is 0. The van der Waals surface area contributed by atoms with Gasteiger partial charge in [-0.2, -0.15) is 0 Å². The lowest BCUT2D eigenvalue weighted by Gasteiger charge is -2.28. The standard InChI is InChI=1S/C5H10O7.CH2O.2CH4/c6-1-2(7)5(11,12)3(8)4(9)10;1-2;;/h2-3,6-8,11-12H,1H2,(H,9,10);1H2;2*1H4. The van der Waals surface area contributed by atoms with Gasteiger partial charge in [-0.3, -0.25) is 0 Å². The third-order valence-electron chi connectivity index (χ3n) is 1.30. The molecule has 0 saturated carbocycles. The molecule has 0 aliphatic heterocycles. The van der Waals surface area contributed by atoms with Crippen LogP contribution in [0.3, 0.4) is 0 Å². The maximum Gasteiger partial charge on any atom is 0.338 e. The number of hydrogen-bond acceptors (Lipinski definition) is 7. The van der Waals surface area contributed by atoms with Crippen LogP contribution in [0.4, 0.5) is 0 Å². The Hall–Kier alpha value is -1.06. The molecule has 6 N–H and O–H groups in total. The number of rotatable bonds is 4. The van der Waals surface area contributed by atoms with Crippen molar-refractivity contribution in [3.8, 4) is 0 Å². The Labute approximate surface area is 93.4 Å². The van der Waals surface area contributed by atoms with E-state index in [0.717, 1.165) is 0 Å². The van der Waals surface area contributed by atoms with E-state index in [2.05, 4.69) is 0 Å². The average molecular weight is 244 g/mol. The van der Waals surface area contributed by atoms with E-state index >= 15 is 0 Å². The van der Waals surface area contributed by atoms with Gasteiger partial charge in [-0.05, 0) is 0 Å². The summed E-state index contributed by atoms with van der Waals surface area (Å²) in [5.74, 6) is -5.16. The van der Waals surface area contributed by atoms with Gasteiger partial charge in [-0.25, -0.2) is 4.79 Å². The van der Waals surface area contributed by atoms with E-state index in [1.165, 1.54) is 0 Å². The second kappa shape index (κ2) is 10.5. The molecule has 0 amide bonds. The zero-order valence-corrected chi connectivity index (χ0v) is 7.07. The Morgan fingerprint density at radius 2 is 1.50 bits per heavy atom. The van der Waals surface area contributed by atoms with Gasteiger partial charge in [0.2, 0.25) is 11.9 Å². The molecule has 0 aromatic heterocycles. The van der Waals surface area contributed by atoms with E-state index in [9.17, 15) is 4.79 Å². The molecule has 2 atom stereocenters. The maximum atomic E-state index is 10.0. The molecule has 0 aliphatic rings. The fourth-order valence-electron chi connectivity index (χ4n) is 0.498. The van der Waals surface area contributed by atoms with Crippen LogP contribution in [0, 0.1) is 0 Å². The van der Waals surface area contributed by atoms with Crippen molar-refractivity contribution in [2.45, 2.75) is 32.8 Å². The van der Waals surface area contributed by atoms with Crippen molar-refractivity contribution < 1.29 is 40.2 Å². The fraction of sp³-hybridized carbons (Fsp3) is 0.750. The van der Waals surface area contributed by atoms with Crippen LogP contribution < -0.4 is 0 Å². The summed E-state index contributed by atoms with van der Waals surface area (Å²) in [5, 5.41) is 51.0.